The zero-order valence-corrected chi connectivity index (χ0v) is 6.79. The van der Waals surface area contributed by atoms with E-state index in [0.717, 1.165) is 0 Å². The predicted octanol–water partition coefficient (Wildman–Crippen LogP) is 0.521. The number of hydrogen-bond donors (Lipinski definition) is 1. The number of carbonyl (C=O) groups excluding carboxylic acids is 1. The molecule has 0 radical (unpaired) electrons. The topological polar surface area (TPSA) is 29.1 Å². The van der Waals surface area contributed by atoms with Gasteiger partial charge in [0.1, 0.15) is 0 Å². The van der Waals surface area contributed by atoms with Crippen molar-refractivity contribution in [1.29, 1.82) is 0 Å². The zero-order valence-electron chi connectivity index (χ0n) is 5.20. The third kappa shape index (κ3) is 5.38. The van der Waals surface area contributed by atoms with Crippen LogP contribution in [0.15, 0.2) is 0 Å². The average molecular weight is 190 g/mol. The number of rotatable bonds is 1. The van der Waals surface area contributed by atoms with Crippen LogP contribution in [0.25, 0.3) is 0 Å². The van der Waals surface area contributed by atoms with Gasteiger partial charge in [-0.25, -0.2) is 0 Å². The summed E-state index contributed by atoms with van der Waals surface area (Å²) in [6.45, 7) is 2.49. The van der Waals surface area contributed by atoms with Crippen LogP contribution in [0.3, 0.4) is 0 Å². The lowest BCUT2D eigenvalue weighted by Crippen LogP contribution is -2.20. The summed E-state index contributed by atoms with van der Waals surface area (Å²) in [7, 11) is 0. The van der Waals surface area contributed by atoms with Crippen LogP contribution in [0, 0.1) is 11.8 Å². The molecule has 0 rings (SSSR count). The normalized spacial score (nSPS) is 7.33. The van der Waals surface area contributed by atoms with Gasteiger partial charge in [-0.1, -0.05) is 21.9 Å². The molecule has 2 nitrogen and oxygen atoms in total. The minimum atomic E-state index is -0.211. The lowest BCUT2D eigenvalue weighted by molar-refractivity contribution is -0.115. The van der Waals surface area contributed by atoms with Gasteiger partial charge in [-0.3, -0.25) is 4.79 Å². The molecule has 0 heterocycles. The van der Waals surface area contributed by atoms with E-state index in [4.69, 9.17) is 0 Å². The molecule has 0 spiro atoms. The highest BCUT2D eigenvalue weighted by atomic mass is 79.9. The first kappa shape index (κ1) is 8.51. The number of amides is 1. The Balaban J connectivity index is 3.49. The molecule has 9 heavy (non-hydrogen) atoms. The van der Waals surface area contributed by atoms with Crippen LogP contribution in [0.5, 0.6) is 0 Å². The van der Waals surface area contributed by atoms with E-state index in [1.165, 1.54) is 0 Å². The second-order valence-electron chi connectivity index (χ2n) is 1.29. The minimum Gasteiger partial charge on any atom is -0.346 e. The maximum absolute atomic E-state index is 10.5. The molecule has 0 atom stereocenters. The van der Waals surface area contributed by atoms with E-state index in [1.54, 1.807) is 0 Å². The molecule has 0 aliphatic carbocycles. The monoisotopic (exact) mass is 189 g/mol. The Bertz CT molecular complexity index is 145. The van der Waals surface area contributed by atoms with E-state index < -0.39 is 0 Å². The molecule has 0 saturated carbocycles. The molecule has 0 bridgehead atoms. The summed E-state index contributed by atoms with van der Waals surface area (Å²) in [5.41, 5.74) is 0. The van der Waals surface area contributed by atoms with Crippen LogP contribution < -0.4 is 5.32 Å². The zero-order chi connectivity index (χ0) is 7.11. The number of carbonyl (C=O) groups is 1. The van der Waals surface area contributed by atoms with Crippen molar-refractivity contribution >= 4 is 21.8 Å². The fourth-order valence-electron chi connectivity index (χ4n) is 0.318. The van der Waals surface area contributed by atoms with E-state index in [2.05, 4.69) is 33.1 Å². The third-order valence-corrected chi connectivity index (χ3v) is 0.886. The predicted molar refractivity (Wildman–Crippen MR) is 40.3 cm³/mol. The molecule has 0 unspecified atom stereocenters. The smallest absolute Gasteiger partial charge is 0.295 e. The maximum Gasteiger partial charge on any atom is 0.295 e. The first-order valence-corrected chi connectivity index (χ1v) is 3.76. The Labute approximate surface area is 63.1 Å². The number of nitrogens with one attached hydrogen (secondary N) is 1. The Morgan fingerprint density at radius 1 is 1.78 bits per heavy atom. The van der Waals surface area contributed by atoms with E-state index >= 15 is 0 Å². The Hall–Kier alpha value is -0.490. The third-order valence-electron chi connectivity index (χ3n) is 0.606. The summed E-state index contributed by atoms with van der Waals surface area (Å²) in [5, 5.41) is 3.09. The highest BCUT2D eigenvalue weighted by molar-refractivity contribution is 9.09. The highest BCUT2D eigenvalue weighted by Crippen LogP contribution is 1.72. The van der Waals surface area contributed by atoms with E-state index in [-0.39, 0.29) is 5.91 Å². The quantitative estimate of drug-likeness (QED) is 0.474. The molecule has 0 fully saturated rings. The Morgan fingerprint density at radius 2 is 2.44 bits per heavy atom. The second kappa shape index (κ2) is 5.64. The van der Waals surface area contributed by atoms with Gasteiger partial charge >= 0.3 is 0 Å². The largest absolute Gasteiger partial charge is 0.346 e. The first-order chi connectivity index (χ1) is 4.31. The van der Waals surface area contributed by atoms with E-state index in [9.17, 15) is 4.79 Å². The fourth-order valence-corrected chi connectivity index (χ4v) is 0.459. The lowest BCUT2D eigenvalue weighted by Gasteiger charge is -1.89. The average Bonchev–Trinajstić information content (AvgIpc) is 1.85. The molecule has 0 aliphatic rings. The van der Waals surface area contributed by atoms with Crippen molar-refractivity contribution in [2.45, 2.75) is 6.92 Å². The molecule has 50 valence electrons. The summed E-state index contributed by atoms with van der Waals surface area (Å²) in [4.78, 5) is 10.5. The van der Waals surface area contributed by atoms with Gasteiger partial charge in [0, 0.05) is 6.54 Å². The van der Waals surface area contributed by atoms with E-state index in [1.807, 2.05) is 6.92 Å². The van der Waals surface area contributed by atoms with Crippen LogP contribution in [0.4, 0.5) is 0 Å². The van der Waals surface area contributed by atoms with Gasteiger partial charge in [0.2, 0.25) is 0 Å². The summed E-state index contributed by atoms with van der Waals surface area (Å²) in [6, 6.07) is 0. The van der Waals surface area contributed by atoms with Gasteiger partial charge in [-0.05, 0) is 12.8 Å². The van der Waals surface area contributed by atoms with Crippen molar-refractivity contribution in [3.05, 3.63) is 0 Å². The molecule has 0 aromatic carbocycles. The minimum absolute atomic E-state index is 0.211. The molecule has 0 aromatic rings. The van der Waals surface area contributed by atoms with Crippen molar-refractivity contribution in [2.75, 3.05) is 11.9 Å². The van der Waals surface area contributed by atoms with Gasteiger partial charge in [0.25, 0.3) is 5.91 Å². The van der Waals surface area contributed by atoms with Crippen molar-refractivity contribution in [1.82, 2.24) is 5.32 Å². The molecule has 1 N–H and O–H groups in total. The standard InChI is InChI=1S/C6H8BrNO/c1-2-8-6(9)4-3-5-7/h2,5H2,1H3,(H,8,9). The first-order valence-electron chi connectivity index (χ1n) is 2.64. The number of halogens is 1. The van der Waals surface area contributed by atoms with Crippen molar-refractivity contribution < 1.29 is 4.79 Å². The molecule has 0 aromatic heterocycles. The molecule has 0 aliphatic heterocycles. The highest BCUT2D eigenvalue weighted by Gasteiger charge is 1.86. The van der Waals surface area contributed by atoms with Gasteiger partial charge < -0.3 is 5.32 Å². The van der Waals surface area contributed by atoms with Crippen molar-refractivity contribution in [3.63, 3.8) is 0 Å². The fraction of sp³-hybridized carbons (Fsp3) is 0.500. The van der Waals surface area contributed by atoms with Crippen LogP contribution in [-0.4, -0.2) is 17.8 Å². The molecule has 1 amide bonds. The number of alkyl halides is 1. The van der Waals surface area contributed by atoms with Gasteiger partial charge in [0.15, 0.2) is 0 Å². The summed E-state index contributed by atoms with van der Waals surface area (Å²) in [6.07, 6.45) is 0. The molecule has 0 saturated heterocycles. The molecule has 3 heteroatoms. The second-order valence-corrected chi connectivity index (χ2v) is 1.86. The Morgan fingerprint density at radius 3 is 2.89 bits per heavy atom. The van der Waals surface area contributed by atoms with E-state index in [0.29, 0.717) is 11.9 Å². The van der Waals surface area contributed by atoms with Crippen LogP contribution in [-0.2, 0) is 4.79 Å². The summed E-state index contributed by atoms with van der Waals surface area (Å²) >= 11 is 3.08. The van der Waals surface area contributed by atoms with Crippen molar-refractivity contribution in [3.8, 4) is 11.8 Å². The summed E-state index contributed by atoms with van der Waals surface area (Å²) in [5.74, 6) is 4.76. The molecular formula is C6H8BrNO. The maximum atomic E-state index is 10.5. The lowest BCUT2D eigenvalue weighted by atomic mass is 10.5. The van der Waals surface area contributed by atoms with Gasteiger partial charge in [0.05, 0.1) is 5.33 Å². The SMILES string of the molecule is CCNC(=O)C#CCBr. The molecular weight excluding hydrogens is 182 g/mol. The van der Waals surface area contributed by atoms with Crippen molar-refractivity contribution in [2.24, 2.45) is 0 Å². The number of hydrogen-bond acceptors (Lipinski definition) is 1. The summed E-state index contributed by atoms with van der Waals surface area (Å²) < 4.78 is 0. The van der Waals surface area contributed by atoms with Gasteiger partial charge in [-0.2, -0.15) is 0 Å². The van der Waals surface area contributed by atoms with Crippen LogP contribution >= 0.6 is 15.9 Å². The van der Waals surface area contributed by atoms with Gasteiger partial charge in [-0.15, -0.1) is 0 Å². The van der Waals surface area contributed by atoms with Crippen LogP contribution in [0.1, 0.15) is 6.92 Å². The van der Waals surface area contributed by atoms with Crippen LogP contribution in [0.2, 0.25) is 0 Å². The Kier molecular flexibility index (Phi) is 5.34.